The highest BCUT2D eigenvalue weighted by Gasteiger charge is 1.98. The lowest BCUT2D eigenvalue weighted by molar-refractivity contribution is -0.686. The molecule has 0 N–H and O–H groups in total. The monoisotopic (exact) mass is 358 g/mol. The van der Waals surface area contributed by atoms with Gasteiger partial charge in [-0.3, -0.25) is 0 Å². The largest absolute Gasteiger partial charge is 0.652 e. The summed E-state index contributed by atoms with van der Waals surface area (Å²) in [5.41, 5.74) is 0. The summed E-state index contributed by atoms with van der Waals surface area (Å²) in [5, 5.41) is 16.7. The number of nitrogens with zero attached hydrogens (tertiary/aromatic N) is 4. The van der Waals surface area contributed by atoms with E-state index in [0.29, 0.717) is 0 Å². The zero-order chi connectivity index (χ0) is 19.8. The van der Waals surface area contributed by atoms with Crippen LogP contribution in [-0.4, -0.2) is 15.3 Å². The molecule has 0 saturated heterocycles. The van der Waals surface area contributed by atoms with Crippen molar-refractivity contribution in [2.24, 2.45) is 0 Å². The molecule has 0 amide bonds. The molecule has 2 aromatic rings. The number of hydrogen-bond acceptors (Lipinski definition) is 3. The molecule has 0 fully saturated rings. The summed E-state index contributed by atoms with van der Waals surface area (Å²) in [5.74, 6) is 0. The highest BCUT2D eigenvalue weighted by Crippen LogP contribution is 1.85. The lowest BCUT2D eigenvalue weighted by Gasteiger charge is -1.96. The fraction of sp³-hybridized carbons (Fsp3) is 0.211. The van der Waals surface area contributed by atoms with E-state index in [-0.39, 0.29) is 0 Å². The summed E-state index contributed by atoms with van der Waals surface area (Å²) in [6.45, 7) is 18.1. The van der Waals surface area contributed by atoms with Crippen LogP contribution in [0.5, 0.6) is 0 Å². The summed E-state index contributed by atoms with van der Waals surface area (Å²) in [6.07, 6.45) is 17.3. The van der Waals surface area contributed by atoms with Gasteiger partial charge >= 0.3 is 0 Å². The molecule has 0 bridgehead atoms. The average molecular weight is 358 g/mol. The normalized spacial score (nSPS) is 8.92. The number of aromatic nitrogens is 4. The van der Waals surface area contributed by atoms with E-state index in [1.54, 1.807) is 0 Å². The van der Waals surface area contributed by atoms with E-state index >= 15 is 0 Å². The number of allylic oxidation sites excluding steroid dienone is 4. The first-order valence-corrected chi connectivity index (χ1v) is 7.88. The van der Waals surface area contributed by atoms with Crippen molar-refractivity contribution in [3.8, 4) is 0 Å². The van der Waals surface area contributed by atoms with Crippen LogP contribution in [-0.2, 0) is 26.2 Å². The Morgan fingerprint density at radius 2 is 1.15 bits per heavy atom. The lowest BCUT2D eigenvalue weighted by atomic mass is 10.6. The highest BCUT2D eigenvalue weighted by molar-refractivity contribution is 5.47. The molecule has 2 aromatic heterocycles. The molecular weight excluding hydrogens is 332 g/mol. The average Bonchev–Trinajstić information content (AvgIpc) is 3.19. The summed E-state index contributed by atoms with van der Waals surface area (Å²) in [6, 6.07) is 0. The first-order chi connectivity index (χ1) is 12.5. The quantitative estimate of drug-likeness (QED) is 0.486. The van der Waals surface area contributed by atoms with Crippen molar-refractivity contribution >= 4 is 6.16 Å². The van der Waals surface area contributed by atoms with Crippen molar-refractivity contribution in [3.05, 3.63) is 88.1 Å². The van der Waals surface area contributed by atoms with Gasteiger partial charge in [0.15, 0.2) is 0 Å². The van der Waals surface area contributed by atoms with Crippen LogP contribution < -0.4 is 19.3 Å². The van der Waals surface area contributed by atoms with Crippen molar-refractivity contribution in [2.45, 2.75) is 26.2 Å². The Labute approximate surface area is 154 Å². The lowest BCUT2D eigenvalue weighted by Crippen LogP contribution is -2.37. The number of carbonyl (C=O) groups excluding carboxylic acids is 1. The highest BCUT2D eigenvalue weighted by atomic mass is 16.6. The first kappa shape index (κ1) is 22.6. The van der Waals surface area contributed by atoms with E-state index in [4.69, 9.17) is 15.0 Å². The molecule has 0 aromatic carbocycles. The first-order valence-electron chi connectivity index (χ1n) is 7.88. The fourth-order valence-corrected chi connectivity index (χ4v) is 1.91. The van der Waals surface area contributed by atoms with Gasteiger partial charge in [0.1, 0.15) is 51.0 Å². The second kappa shape index (κ2) is 14.0. The second-order valence-electron chi connectivity index (χ2n) is 5.02. The summed E-state index contributed by atoms with van der Waals surface area (Å²) >= 11 is 0. The third-order valence-corrected chi connectivity index (χ3v) is 2.85. The van der Waals surface area contributed by atoms with E-state index < -0.39 is 6.16 Å². The predicted octanol–water partition coefficient (Wildman–Crippen LogP) is -0.152. The molecule has 7 heteroatoms. The third kappa shape index (κ3) is 11.2. The van der Waals surface area contributed by atoms with Gasteiger partial charge in [-0.25, -0.2) is 18.3 Å². The van der Waals surface area contributed by atoms with Gasteiger partial charge in [-0.05, 0) is 6.16 Å². The number of carbonyl (C=O) groups is 1. The Bertz CT molecular complexity index is 594. The van der Waals surface area contributed by atoms with Crippen LogP contribution in [0.25, 0.3) is 0 Å². The Balaban J connectivity index is 0.000000401. The van der Waals surface area contributed by atoms with Crippen LogP contribution >= 0.6 is 0 Å². The molecule has 0 aliphatic rings. The maximum atomic E-state index is 8.33. The SMILES string of the molecule is C=CCn1cc[n+](CC=C)c1.C=CCn1cc[n+](CC=C)c1.O=C([O-])[O-]. The molecule has 140 valence electrons. The molecule has 0 radical (unpaired) electrons. The van der Waals surface area contributed by atoms with Gasteiger partial charge in [-0.1, -0.05) is 50.6 Å². The van der Waals surface area contributed by atoms with Crippen molar-refractivity contribution in [1.29, 1.82) is 0 Å². The minimum atomic E-state index is -2.33. The summed E-state index contributed by atoms with van der Waals surface area (Å²) in [4.78, 5) is 8.33. The van der Waals surface area contributed by atoms with Gasteiger partial charge < -0.3 is 15.0 Å². The van der Waals surface area contributed by atoms with Crippen LogP contribution in [0.2, 0.25) is 0 Å². The van der Waals surface area contributed by atoms with Crippen molar-refractivity contribution in [2.75, 3.05) is 0 Å². The third-order valence-electron chi connectivity index (χ3n) is 2.85. The maximum Gasteiger partial charge on any atom is 0.244 e. The van der Waals surface area contributed by atoms with Gasteiger partial charge in [0, 0.05) is 0 Å². The minimum Gasteiger partial charge on any atom is -0.652 e. The molecule has 0 spiro atoms. The van der Waals surface area contributed by atoms with Crippen LogP contribution in [0.3, 0.4) is 0 Å². The molecular formula is C19H26N4O3. The van der Waals surface area contributed by atoms with Gasteiger partial charge in [0.05, 0.1) is 0 Å². The molecule has 26 heavy (non-hydrogen) atoms. The van der Waals surface area contributed by atoms with Gasteiger partial charge in [0.25, 0.3) is 0 Å². The second-order valence-corrected chi connectivity index (χ2v) is 5.02. The van der Waals surface area contributed by atoms with Crippen molar-refractivity contribution in [1.82, 2.24) is 9.13 Å². The maximum absolute atomic E-state index is 8.33. The number of hydrogen-bond donors (Lipinski definition) is 0. The summed E-state index contributed by atoms with van der Waals surface area (Å²) < 4.78 is 8.26. The van der Waals surface area contributed by atoms with E-state index in [1.165, 1.54) is 0 Å². The van der Waals surface area contributed by atoms with E-state index in [2.05, 4.69) is 44.6 Å². The van der Waals surface area contributed by atoms with Gasteiger partial charge in [-0.2, -0.15) is 0 Å². The Morgan fingerprint density at radius 3 is 1.42 bits per heavy atom. The van der Waals surface area contributed by atoms with E-state index in [9.17, 15) is 0 Å². The molecule has 0 aliphatic heterocycles. The van der Waals surface area contributed by atoms with Crippen molar-refractivity contribution in [3.63, 3.8) is 0 Å². The molecule has 0 saturated carbocycles. The number of imidazole rings is 2. The van der Waals surface area contributed by atoms with Crippen LogP contribution in [0.4, 0.5) is 4.79 Å². The Hall–Kier alpha value is -3.35. The fourth-order valence-electron chi connectivity index (χ4n) is 1.91. The Kier molecular flexibility index (Phi) is 12.2. The predicted molar refractivity (Wildman–Crippen MR) is 95.4 cm³/mol. The van der Waals surface area contributed by atoms with Crippen LogP contribution in [0.15, 0.2) is 88.1 Å². The standard InChI is InChI=1S/2C9H13N2.CH2O3/c2*1-3-5-10-7-8-11(9-10)6-4-2;2-1(3)4/h2*3-4,7-9H,1-2,5-6H2;(H2,2,3,4)/q2*+1;/p-2. The molecule has 2 heterocycles. The topological polar surface area (TPSA) is 80.8 Å². The minimum absolute atomic E-state index is 0.865. The molecule has 0 unspecified atom stereocenters. The molecule has 2 rings (SSSR count). The van der Waals surface area contributed by atoms with Crippen molar-refractivity contribution < 1.29 is 24.1 Å². The Morgan fingerprint density at radius 1 is 0.808 bits per heavy atom. The zero-order valence-electron chi connectivity index (χ0n) is 14.9. The molecule has 0 aliphatic carbocycles. The van der Waals surface area contributed by atoms with E-state index in [0.717, 1.165) is 26.2 Å². The molecule has 0 atom stereocenters. The molecule has 7 nitrogen and oxygen atoms in total. The van der Waals surface area contributed by atoms with Crippen LogP contribution in [0, 0.1) is 0 Å². The number of carboxylic acid groups (broad SMARTS) is 2. The zero-order valence-corrected chi connectivity index (χ0v) is 14.9. The van der Waals surface area contributed by atoms with Gasteiger partial charge in [-0.15, -0.1) is 0 Å². The summed E-state index contributed by atoms with van der Waals surface area (Å²) in [7, 11) is 0. The number of rotatable bonds is 8. The van der Waals surface area contributed by atoms with Gasteiger partial charge in [0.2, 0.25) is 12.7 Å². The smallest absolute Gasteiger partial charge is 0.244 e. The van der Waals surface area contributed by atoms with E-state index in [1.807, 2.05) is 61.7 Å². The van der Waals surface area contributed by atoms with Crippen LogP contribution in [0.1, 0.15) is 0 Å².